The fraction of sp³-hybridized carbons (Fsp3) is 0.833. The number of nitriles is 1. The van der Waals surface area contributed by atoms with E-state index in [1.54, 1.807) is 6.07 Å². The summed E-state index contributed by atoms with van der Waals surface area (Å²) in [5, 5.41) is 8.08. The normalized spacial score (nSPS) is 10.9. The molecule has 0 aromatic carbocycles. The summed E-state index contributed by atoms with van der Waals surface area (Å²) in [6.07, 6.45) is -0.0556. The van der Waals surface area contributed by atoms with E-state index in [1.165, 1.54) is 6.92 Å². The van der Waals surface area contributed by atoms with Crippen molar-refractivity contribution in [1.29, 1.82) is 5.26 Å². The van der Waals surface area contributed by atoms with Crippen molar-refractivity contribution >= 4 is 0 Å². The molecule has 0 aliphatic carbocycles. The lowest BCUT2D eigenvalue weighted by Crippen LogP contribution is -2.20. The van der Waals surface area contributed by atoms with Gasteiger partial charge in [0.05, 0.1) is 19.4 Å². The Kier molecular flexibility index (Phi) is 3.15. The Hall–Kier alpha value is -0.650. The molecular formula is C6H9F2N. The number of halogens is 2. The second-order valence-corrected chi connectivity index (χ2v) is 2.41. The maximum atomic E-state index is 11.8. The van der Waals surface area contributed by atoms with E-state index in [0.717, 1.165) is 0 Å². The lowest BCUT2D eigenvalue weighted by Gasteiger charge is -2.16. The van der Waals surface area contributed by atoms with Crippen molar-refractivity contribution in [3.05, 3.63) is 0 Å². The molecule has 0 saturated carbocycles. The van der Waals surface area contributed by atoms with Crippen LogP contribution in [-0.2, 0) is 0 Å². The molecule has 3 heteroatoms. The van der Waals surface area contributed by atoms with Gasteiger partial charge in [-0.1, -0.05) is 6.92 Å². The fourth-order valence-corrected chi connectivity index (χ4v) is 0.321. The van der Waals surface area contributed by atoms with Crippen LogP contribution in [0.1, 0.15) is 13.3 Å². The summed E-state index contributed by atoms with van der Waals surface area (Å²) in [4.78, 5) is 0. The molecule has 0 radical (unpaired) electrons. The van der Waals surface area contributed by atoms with Crippen LogP contribution in [0.15, 0.2) is 0 Å². The van der Waals surface area contributed by atoms with Gasteiger partial charge < -0.3 is 0 Å². The quantitative estimate of drug-likeness (QED) is 0.576. The van der Waals surface area contributed by atoms with Gasteiger partial charge in [0.2, 0.25) is 0 Å². The van der Waals surface area contributed by atoms with E-state index in [-0.39, 0.29) is 6.42 Å². The summed E-state index contributed by atoms with van der Waals surface area (Å²) < 4.78 is 23.7. The second kappa shape index (κ2) is 3.39. The smallest absolute Gasteiger partial charge is 0.0982 e. The highest BCUT2D eigenvalue weighted by atomic mass is 19.1. The van der Waals surface area contributed by atoms with Crippen LogP contribution in [0.25, 0.3) is 0 Å². The Morgan fingerprint density at radius 1 is 1.44 bits per heavy atom. The first kappa shape index (κ1) is 8.35. The summed E-state index contributed by atoms with van der Waals surface area (Å²) in [5.74, 6) is 0. The second-order valence-electron chi connectivity index (χ2n) is 2.41. The third-order valence-electron chi connectivity index (χ3n) is 1.15. The number of hydrogen-bond donors (Lipinski definition) is 0. The van der Waals surface area contributed by atoms with E-state index in [2.05, 4.69) is 0 Å². The lowest BCUT2D eigenvalue weighted by molar-refractivity contribution is 0.179. The van der Waals surface area contributed by atoms with Gasteiger partial charge in [-0.25, -0.2) is 0 Å². The Balaban J connectivity index is 3.80. The first-order valence-electron chi connectivity index (χ1n) is 2.67. The average Bonchev–Trinajstić information content (AvgIpc) is 1.89. The average molecular weight is 133 g/mol. The van der Waals surface area contributed by atoms with Gasteiger partial charge in [0, 0.05) is 11.8 Å². The Morgan fingerprint density at radius 2 is 1.89 bits per heavy atom. The van der Waals surface area contributed by atoms with Gasteiger partial charge in [-0.3, -0.25) is 8.78 Å². The maximum Gasteiger partial charge on any atom is 0.0982 e. The van der Waals surface area contributed by atoms with Crippen LogP contribution in [0, 0.1) is 16.7 Å². The molecule has 0 rings (SSSR count). The highest BCUT2D eigenvalue weighted by Crippen LogP contribution is 2.21. The number of hydrogen-bond acceptors (Lipinski definition) is 1. The van der Waals surface area contributed by atoms with Crippen LogP contribution in [0.4, 0.5) is 8.78 Å². The van der Waals surface area contributed by atoms with Gasteiger partial charge in [-0.15, -0.1) is 0 Å². The van der Waals surface area contributed by atoms with Crippen LogP contribution >= 0.6 is 0 Å². The van der Waals surface area contributed by atoms with E-state index < -0.39 is 18.8 Å². The molecule has 0 heterocycles. The molecule has 0 N–H and O–H groups in total. The van der Waals surface area contributed by atoms with Gasteiger partial charge in [0.1, 0.15) is 0 Å². The monoisotopic (exact) mass is 133 g/mol. The van der Waals surface area contributed by atoms with Crippen molar-refractivity contribution in [2.45, 2.75) is 13.3 Å². The molecule has 0 bridgehead atoms. The molecule has 0 aliphatic rings. The minimum absolute atomic E-state index is 0.0556. The van der Waals surface area contributed by atoms with Gasteiger partial charge in [0.15, 0.2) is 0 Å². The molecule has 0 saturated heterocycles. The van der Waals surface area contributed by atoms with Crippen LogP contribution in [0.5, 0.6) is 0 Å². The Labute approximate surface area is 53.3 Å². The Morgan fingerprint density at radius 3 is 2.00 bits per heavy atom. The summed E-state index contributed by atoms with van der Waals surface area (Å²) in [6.45, 7) is -0.121. The topological polar surface area (TPSA) is 23.8 Å². The first-order chi connectivity index (χ1) is 4.18. The standard InChI is InChI=1S/C6H9F2N/c1-6(4-7,5-8)2-3-9/h2,4-5H2,1H3. The number of nitrogens with zero attached hydrogens (tertiary/aromatic N) is 1. The predicted octanol–water partition coefficient (Wildman–Crippen LogP) is 1.85. The van der Waals surface area contributed by atoms with Gasteiger partial charge in [0.25, 0.3) is 0 Å². The Bertz CT molecular complexity index is 113. The fourth-order valence-electron chi connectivity index (χ4n) is 0.321. The summed E-state index contributed by atoms with van der Waals surface area (Å²) >= 11 is 0. The molecule has 0 spiro atoms. The SMILES string of the molecule is CC(CF)(CF)CC#N. The number of rotatable bonds is 3. The van der Waals surface area contributed by atoms with Crippen LogP contribution in [-0.4, -0.2) is 13.3 Å². The first-order valence-corrected chi connectivity index (χ1v) is 2.67. The highest BCUT2D eigenvalue weighted by Gasteiger charge is 2.23. The molecule has 52 valence electrons. The zero-order valence-electron chi connectivity index (χ0n) is 5.32. The van der Waals surface area contributed by atoms with Gasteiger partial charge in [-0.2, -0.15) is 5.26 Å². The summed E-state index contributed by atoms with van der Waals surface area (Å²) in [6, 6.07) is 1.73. The van der Waals surface area contributed by atoms with Crippen molar-refractivity contribution in [3.63, 3.8) is 0 Å². The van der Waals surface area contributed by atoms with Gasteiger partial charge >= 0.3 is 0 Å². The molecule has 0 unspecified atom stereocenters. The van der Waals surface area contributed by atoms with Crippen LogP contribution in [0.2, 0.25) is 0 Å². The van der Waals surface area contributed by atoms with E-state index in [0.29, 0.717) is 0 Å². The van der Waals surface area contributed by atoms with Crippen molar-refractivity contribution in [2.75, 3.05) is 13.3 Å². The maximum absolute atomic E-state index is 11.8. The predicted molar refractivity (Wildman–Crippen MR) is 30.3 cm³/mol. The molecule has 9 heavy (non-hydrogen) atoms. The molecule has 0 aromatic heterocycles. The van der Waals surface area contributed by atoms with E-state index in [4.69, 9.17) is 5.26 Å². The number of alkyl halides is 2. The molecular weight excluding hydrogens is 124 g/mol. The summed E-state index contributed by atoms with van der Waals surface area (Å²) in [5.41, 5.74) is -1.06. The zero-order chi connectivity index (χ0) is 7.33. The van der Waals surface area contributed by atoms with Crippen molar-refractivity contribution in [3.8, 4) is 6.07 Å². The summed E-state index contributed by atoms with van der Waals surface area (Å²) in [7, 11) is 0. The largest absolute Gasteiger partial charge is 0.250 e. The van der Waals surface area contributed by atoms with Crippen LogP contribution in [0.3, 0.4) is 0 Å². The molecule has 0 aliphatic heterocycles. The molecule has 1 nitrogen and oxygen atoms in total. The third-order valence-corrected chi connectivity index (χ3v) is 1.15. The molecule has 0 fully saturated rings. The lowest BCUT2D eigenvalue weighted by atomic mass is 9.91. The van der Waals surface area contributed by atoms with Crippen molar-refractivity contribution in [2.24, 2.45) is 5.41 Å². The van der Waals surface area contributed by atoms with E-state index in [9.17, 15) is 8.78 Å². The zero-order valence-corrected chi connectivity index (χ0v) is 5.32. The molecule has 0 aromatic rings. The minimum Gasteiger partial charge on any atom is -0.250 e. The van der Waals surface area contributed by atoms with Gasteiger partial charge in [-0.05, 0) is 0 Å². The van der Waals surface area contributed by atoms with Crippen molar-refractivity contribution < 1.29 is 8.78 Å². The van der Waals surface area contributed by atoms with Crippen LogP contribution < -0.4 is 0 Å². The molecule has 0 amide bonds. The van der Waals surface area contributed by atoms with Crippen molar-refractivity contribution in [1.82, 2.24) is 0 Å². The minimum atomic E-state index is -1.06. The van der Waals surface area contributed by atoms with E-state index >= 15 is 0 Å². The highest BCUT2D eigenvalue weighted by molar-refractivity contribution is 4.84. The molecule has 0 atom stereocenters. The van der Waals surface area contributed by atoms with E-state index in [1.807, 2.05) is 0 Å². The third kappa shape index (κ3) is 2.41.